The average Bonchev–Trinajstić information content (AvgIpc) is 4.05. The van der Waals surface area contributed by atoms with Crippen molar-refractivity contribution in [3.63, 3.8) is 0 Å². The summed E-state index contributed by atoms with van der Waals surface area (Å²) in [5.41, 5.74) is -1.01. The summed E-state index contributed by atoms with van der Waals surface area (Å²) in [7, 11) is 1.58. The number of methoxy groups -OCH3 is 1. The molecule has 3 fully saturated rings. The van der Waals surface area contributed by atoms with E-state index in [0.717, 1.165) is 5.56 Å². The van der Waals surface area contributed by atoms with Gasteiger partial charge in [0.15, 0.2) is 17.7 Å². The van der Waals surface area contributed by atoms with Gasteiger partial charge in [0.2, 0.25) is 0 Å². The van der Waals surface area contributed by atoms with E-state index in [4.69, 9.17) is 28.4 Å². The summed E-state index contributed by atoms with van der Waals surface area (Å²) in [6, 6.07) is 9.87. The number of Topliss-reactive ketones (excluding diaryl/α,β-unsaturated/α-hetero) is 1. The standard InChI is InChI=1S/C50H75N7O11/c1-13-39-50(11)42(57(47(62)68-50)24-17-16-23-56-29-37(53-54-56)35-19-18-20-36(26-35)52-46(61)67-48(7,8)9)34(6)51-28-30(2)27-49(10,63-12)43(32(4)40(58)33(5)44(60)65-39)66-45-41(59)38(25-31(3)64-45)55-21-14-15-22-55/h14-15,18-22,26,29-34,38-39,41-43,45,51,59H,13,16-17,23-25,27-28H2,1-12H3,(H,52,61)/t30-,31?,32+,33-,34-,38?,39-,41?,42-,43-,45+,49-,50-/m1/s1. The number of amides is 2. The lowest BCUT2D eigenvalue weighted by Crippen LogP contribution is -2.61. The third-order valence-electron chi connectivity index (χ3n) is 13.8. The summed E-state index contributed by atoms with van der Waals surface area (Å²) in [6.45, 7) is 21.6. The van der Waals surface area contributed by atoms with Gasteiger partial charge < -0.3 is 43.4 Å². The van der Waals surface area contributed by atoms with Crippen LogP contribution in [0.15, 0.2) is 55.0 Å². The first-order valence-corrected chi connectivity index (χ1v) is 24.2. The van der Waals surface area contributed by atoms with Crippen molar-refractivity contribution in [1.29, 1.82) is 0 Å². The molecular weight excluding hydrogens is 875 g/mol. The van der Waals surface area contributed by atoms with Crippen molar-refractivity contribution in [2.75, 3.05) is 25.5 Å². The summed E-state index contributed by atoms with van der Waals surface area (Å²) < 4.78 is 40.8. The number of carbonyl (C=O) groups excluding carboxylic acids is 4. The smallest absolute Gasteiger partial charge is 0.412 e. The second kappa shape index (κ2) is 21.8. The number of aliphatic hydroxyl groups is 1. The van der Waals surface area contributed by atoms with E-state index < -0.39 is 83.2 Å². The molecule has 3 unspecified atom stereocenters. The molecule has 3 N–H and O–H groups in total. The number of esters is 1. The van der Waals surface area contributed by atoms with E-state index in [1.165, 1.54) is 6.92 Å². The van der Waals surface area contributed by atoms with Crippen LogP contribution in [0.2, 0.25) is 0 Å². The zero-order valence-electron chi connectivity index (χ0n) is 42.0. The largest absolute Gasteiger partial charge is 0.458 e. The second-order valence-corrected chi connectivity index (χ2v) is 20.5. The molecule has 1 aromatic carbocycles. The molecule has 5 heterocycles. The average molecular weight is 950 g/mol. The summed E-state index contributed by atoms with van der Waals surface area (Å²) in [5.74, 6) is -3.30. The number of aliphatic hydroxyl groups excluding tert-OH is 1. The van der Waals surface area contributed by atoms with E-state index in [1.807, 2.05) is 82.0 Å². The Morgan fingerprint density at radius 1 is 1.03 bits per heavy atom. The molecule has 2 amide bonds. The van der Waals surface area contributed by atoms with E-state index in [0.29, 0.717) is 63.1 Å². The molecule has 3 aliphatic rings. The maximum Gasteiger partial charge on any atom is 0.412 e. The molecule has 0 saturated carbocycles. The number of hydrogen-bond acceptors (Lipinski definition) is 14. The van der Waals surface area contributed by atoms with Gasteiger partial charge in [0.25, 0.3) is 0 Å². The van der Waals surface area contributed by atoms with Gasteiger partial charge in [-0.25, -0.2) is 9.59 Å². The van der Waals surface area contributed by atoms with Crippen molar-refractivity contribution >= 4 is 29.6 Å². The number of fused-ring (bicyclic) bond motifs is 1. The number of unbranched alkanes of at least 4 members (excludes halogenated alkanes) is 1. The Labute approximate surface area is 401 Å². The lowest BCUT2D eigenvalue weighted by molar-refractivity contribution is -0.294. The van der Waals surface area contributed by atoms with Gasteiger partial charge in [-0.05, 0) is 124 Å². The molecule has 3 saturated heterocycles. The van der Waals surface area contributed by atoms with Crippen LogP contribution in [0.3, 0.4) is 0 Å². The van der Waals surface area contributed by atoms with Gasteiger partial charge in [-0.2, -0.15) is 0 Å². The number of ether oxygens (including phenoxy) is 6. The maximum absolute atomic E-state index is 14.5. The van der Waals surface area contributed by atoms with Gasteiger partial charge in [-0.15, -0.1) is 5.10 Å². The SMILES string of the molecule is CC[C@H]1OC(=O)[C@H](C)C(=O)[C@H](C)[C@@H](O[C@@H]2OC(C)CC(n3cccc3)C2O)[C@](C)(OC)C[C@@H](C)CN[C@H](C)[C@H]2N(CCCCn3cc(-c4cccc(NC(=O)OC(C)(C)C)c4)nn3)C(=O)O[C@]12C. The number of hydrogen-bond donors (Lipinski definition) is 3. The molecule has 3 aromatic rings. The van der Waals surface area contributed by atoms with Crippen molar-refractivity contribution in [2.24, 2.45) is 17.8 Å². The second-order valence-electron chi connectivity index (χ2n) is 20.5. The normalized spacial score (nSPS) is 33.2. The minimum Gasteiger partial charge on any atom is -0.458 e. The quantitative estimate of drug-likeness (QED) is 0.0713. The Morgan fingerprint density at radius 2 is 1.74 bits per heavy atom. The Bertz CT molecular complexity index is 2180. The lowest BCUT2D eigenvalue weighted by atomic mass is 9.78. The minimum atomic E-state index is -1.27. The van der Waals surface area contributed by atoms with E-state index in [1.54, 1.807) is 56.5 Å². The van der Waals surface area contributed by atoms with Crippen LogP contribution in [0.4, 0.5) is 15.3 Å². The number of ketones is 1. The Balaban J connectivity index is 1.17. The van der Waals surface area contributed by atoms with Crippen molar-refractivity contribution < 1.29 is 52.7 Å². The van der Waals surface area contributed by atoms with Crippen LogP contribution in [0.25, 0.3) is 11.3 Å². The highest BCUT2D eigenvalue weighted by molar-refractivity contribution is 6.00. The number of nitrogens with one attached hydrogen (secondary N) is 2. The van der Waals surface area contributed by atoms with Gasteiger partial charge in [-0.1, -0.05) is 38.1 Å². The van der Waals surface area contributed by atoms with Crippen LogP contribution in [-0.4, -0.2) is 133 Å². The third-order valence-corrected chi connectivity index (χ3v) is 13.8. The van der Waals surface area contributed by atoms with Crippen molar-refractivity contribution in [1.82, 2.24) is 29.8 Å². The van der Waals surface area contributed by atoms with Crippen LogP contribution in [0, 0.1) is 17.8 Å². The zero-order chi connectivity index (χ0) is 49.7. The van der Waals surface area contributed by atoms with Crippen LogP contribution < -0.4 is 10.6 Å². The van der Waals surface area contributed by atoms with Gasteiger partial charge >= 0.3 is 18.2 Å². The van der Waals surface area contributed by atoms with E-state index >= 15 is 0 Å². The molecule has 6 rings (SSSR count). The van der Waals surface area contributed by atoms with Crippen LogP contribution in [-0.2, 0) is 44.6 Å². The van der Waals surface area contributed by atoms with E-state index in [9.17, 15) is 24.3 Å². The fraction of sp³-hybridized carbons (Fsp3) is 0.680. The summed E-state index contributed by atoms with van der Waals surface area (Å²) in [4.78, 5) is 56.7. The van der Waals surface area contributed by atoms with Crippen molar-refractivity contribution in [3.8, 4) is 11.3 Å². The topological polar surface area (TPSA) is 207 Å². The summed E-state index contributed by atoms with van der Waals surface area (Å²) in [6.07, 6.45) is 2.92. The number of carbonyl (C=O) groups is 4. The van der Waals surface area contributed by atoms with Gasteiger partial charge in [0.1, 0.15) is 29.4 Å². The van der Waals surface area contributed by atoms with Gasteiger partial charge in [0.05, 0.1) is 36.1 Å². The fourth-order valence-corrected chi connectivity index (χ4v) is 10.3. The Morgan fingerprint density at radius 3 is 2.41 bits per heavy atom. The molecule has 68 heavy (non-hydrogen) atoms. The van der Waals surface area contributed by atoms with E-state index in [2.05, 4.69) is 27.9 Å². The van der Waals surface area contributed by atoms with Crippen molar-refractivity contribution in [3.05, 3.63) is 55.0 Å². The minimum absolute atomic E-state index is 0.0454. The summed E-state index contributed by atoms with van der Waals surface area (Å²) in [5, 5.41) is 26.8. The number of benzene rings is 1. The number of aryl methyl sites for hydroxylation is 1. The first kappa shape index (κ1) is 52.5. The van der Waals surface area contributed by atoms with Crippen LogP contribution in [0.1, 0.15) is 114 Å². The highest BCUT2D eigenvalue weighted by Crippen LogP contribution is 2.41. The molecule has 0 bridgehead atoms. The zero-order valence-corrected chi connectivity index (χ0v) is 42.0. The van der Waals surface area contributed by atoms with E-state index in [-0.39, 0.29) is 24.1 Å². The predicted molar refractivity (Wildman–Crippen MR) is 253 cm³/mol. The van der Waals surface area contributed by atoms with Gasteiger partial charge in [-0.3, -0.25) is 24.5 Å². The molecule has 18 nitrogen and oxygen atoms in total. The molecular formula is C50H75N7O11. The molecule has 0 aliphatic carbocycles. The molecule has 2 aromatic heterocycles. The lowest BCUT2D eigenvalue weighted by Gasteiger charge is -2.46. The number of nitrogens with zero attached hydrogens (tertiary/aromatic N) is 5. The van der Waals surface area contributed by atoms with Gasteiger partial charge in [0, 0.05) is 55.8 Å². The molecule has 376 valence electrons. The molecule has 0 spiro atoms. The fourth-order valence-electron chi connectivity index (χ4n) is 10.3. The Kier molecular flexibility index (Phi) is 16.8. The molecule has 13 atom stereocenters. The number of rotatable bonds is 12. The van der Waals surface area contributed by atoms with Crippen molar-refractivity contribution in [2.45, 2.75) is 180 Å². The summed E-state index contributed by atoms with van der Waals surface area (Å²) >= 11 is 0. The highest BCUT2D eigenvalue weighted by atomic mass is 16.7. The number of aromatic nitrogens is 4. The monoisotopic (exact) mass is 950 g/mol. The maximum atomic E-state index is 14.5. The molecule has 18 heteroatoms. The van der Waals surface area contributed by atoms with Crippen LogP contribution in [0.5, 0.6) is 0 Å². The highest BCUT2D eigenvalue weighted by Gasteiger charge is 2.58. The first-order chi connectivity index (χ1) is 32.1. The van der Waals surface area contributed by atoms with Crippen LogP contribution >= 0.6 is 0 Å². The number of cyclic esters (lactones) is 1. The Hall–Kier alpha value is -4.88. The predicted octanol–water partition coefficient (Wildman–Crippen LogP) is 7.16. The molecule has 0 radical (unpaired) electrons. The third kappa shape index (κ3) is 12.1. The number of anilines is 1. The first-order valence-electron chi connectivity index (χ1n) is 24.2. The molecule has 3 aliphatic heterocycles.